The zero-order chi connectivity index (χ0) is 14.6. The number of rotatable bonds is 5. The van der Waals surface area contributed by atoms with Crippen molar-refractivity contribution in [2.75, 3.05) is 27.7 Å². The Labute approximate surface area is 113 Å². The molecule has 1 N–H and O–H groups in total. The molecular formula is C12H18N2O4S. The maximum absolute atomic E-state index is 11.6. The van der Waals surface area contributed by atoms with Gasteiger partial charge in [0.2, 0.25) is 10.0 Å². The number of sulfonamides is 1. The third kappa shape index (κ3) is 3.93. The van der Waals surface area contributed by atoms with E-state index in [1.807, 2.05) is 0 Å². The second-order valence-electron chi connectivity index (χ2n) is 4.21. The summed E-state index contributed by atoms with van der Waals surface area (Å²) in [5.41, 5.74) is 0.655. The van der Waals surface area contributed by atoms with Crippen LogP contribution in [0, 0.1) is 6.92 Å². The summed E-state index contributed by atoms with van der Waals surface area (Å²) in [6, 6.07) is 4.48. The van der Waals surface area contributed by atoms with Gasteiger partial charge in [-0.3, -0.25) is 4.79 Å². The third-order valence-corrected chi connectivity index (χ3v) is 3.99. The van der Waals surface area contributed by atoms with E-state index in [9.17, 15) is 13.2 Å². The Morgan fingerprint density at radius 3 is 2.47 bits per heavy atom. The van der Waals surface area contributed by atoms with Gasteiger partial charge in [-0.2, -0.15) is 0 Å². The summed E-state index contributed by atoms with van der Waals surface area (Å²) < 4.78 is 30.8. The molecule has 1 aromatic rings. The molecule has 0 spiro atoms. The Morgan fingerprint density at radius 2 is 2.00 bits per heavy atom. The smallest absolute Gasteiger partial charge is 0.259 e. The first-order valence-corrected chi connectivity index (χ1v) is 7.13. The van der Waals surface area contributed by atoms with E-state index < -0.39 is 10.0 Å². The summed E-state index contributed by atoms with van der Waals surface area (Å²) in [4.78, 5) is 13.0. The molecule has 7 heteroatoms. The van der Waals surface area contributed by atoms with Crippen LogP contribution in [-0.2, 0) is 14.8 Å². The molecule has 0 aliphatic rings. The summed E-state index contributed by atoms with van der Waals surface area (Å²) in [6.07, 6.45) is 0. The number of hydrogen-bond acceptors (Lipinski definition) is 4. The first-order chi connectivity index (χ1) is 8.77. The Morgan fingerprint density at radius 1 is 1.37 bits per heavy atom. The van der Waals surface area contributed by atoms with Gasteiger partial charge >= 0.3 is 0 Å². The van der Waals surface area contributed by atoms with Crippen LogP contribution in [0.3, 0.4) is 0 Å². The molecule has 0 saturated carbocycles. The van der Waals surface area contributed by atoms with Crippen molar-refractivity contribution >= 4 is 15.9 Å². The molecule has 0 saturated heterocycles. The first-order valence-electron chi connectivity index (χ1n) is 5.65. The van der Waals surface area contributed by atoms with Crippen LogP contribution in [0.1, 0.15) is 5.56 Å². The average molecular weight is 286 g/mol. The Kier molecular flexibility index (Phi) is 4.90. The molecule has 1 aromatic carbocycles. The number of hydrogen-bond donors (Lipinski definition) is 1. The minimum atomic E-state index is -3.46. The SMILES string of the molecule is CNS(=O)(=O)c1ccc(OCC(=O)N(C)C)c(C)c1. The van der Waals surface area contributed by atoms with Gasteiger partial charge in [-0.15, -0.1) is 0 Å². The zero-order valence-corrected chi connectivity index (χ0v) is 12.2. The molecule has 0 atom stereocenters. The predicted molar refractivity (Wildman–Crippen MR) is 71.6 cm³/mol. The van der Waals surface area contributed by atoms with Gasteiger partial charge in [0, 0.05) is 14.1 Å². The number of carbonyl (C=O) groups excluding carboxylic acids is 1. The van der Waals surface area contributed by atoms with Crippen LogP contribution in [0.5, 0.6) is 5.75 Å². The lowest BCUT2D eigenvalue weighted by molar-refractivity contribution is -0.130. The Balaban J connectivity index is 2.87. The molecule has 0 radical (unpaired) electrons. The number of likely N-dealkylation sites (N-methyl/N-ethyl adjacent to an activating group) is 1. The lowest BCUT2D eigenvalue weighted by Crippen LogP contribution is -2.27. The molecule has 0 aliphatic heterocycles. The van der Waals surface area contributed by atoms with Gasteiger partial charge in [-0.05, 0) is 37.7 Å². The van der Waals surface area contributed by atoms with Crippen molar-refractivity contribution in [1.29, 1.82) is 0 Å². The van der Waals surface area contributed by atoms with Crippen LogP contribution in [0.4, 0.5) is 0 Å². The van der Waals surface area contributed by atoms with E-state index in [0.717, 1.165) is 0 Å². The number of nitrogens with zero attached hydrogens (tertiary/aromatic N) is 1. The molecule has 19 heavy (non-hydrogen) atoms. The highest BCUT2D eigenvalue weighted by Gasteiger charge is 2.13. The largest absolute Gasteiger partial charge is 0.483 e. The van der Waals surface area contributed by atoms with Crippen LogP contribution < -0.4 is 9.46 Å². The number of aryl methyl sites for hydroxylation is 1. The fraction of sp³-hybridized carbons (Fsp3) is 0.417. The number of carbonyl (C=O) groups is 1. The standard InChI is InChI=1S/C12H18N2O4S/c1-9-7-10(19(16,17)13-2)5-6-11(9)18-8-12(15)14(3)4/h5-7,13H,8H2,1-4H3. The average Bonchev–Trinajstić information content (AvgIpc) is 2.36. The zero-order valence-electron chi connectivity index (χ0n) is 11.4. The quantitative estimate of drug-likeness (QED) is 0.848. The second kappa shape index (κ2) is 6.03. The van der Waals surface area contributed by atoms with Crippen molar-refractivity contribution in [3.05, 3.63) is 23.8 Å². The van der Waals surface area contributed by atoms with E-state index in [4.69, 9.17) is 4.74 Å². The maximum Gasteiger partial charge on any atom is 0.259 e. The highest BCUT2D eigenvalue weighted by molar-refractivity contribution is 7.89. The van der Waals surface area contributed by atoms with Gasteiger partial charge in [0.15, 0.2) is 6.61 Å². The fourth-order valence-electron chi connectivity index (χ4n) is 1.34. The number of benzene rings is 1. The second-order valence-corrected chi connectivity index (χ2v) is 6.10. The molecule has 0 bridgehead atoms. The Hall–Kier alpha value is -1.60. The van der Waals surface area contributed by atoms with Crippen LogP contribution in [0.2, 0.25) is 0 Å². The summed E-state index contributed by atoms with van der Waals surface area (Å²) in [5.74, 6) is 0.330. The van der Waals surface area contributed by atoms with E-state index in [0.29, 0.717) is 11.3 Å². The molecule has 106 valence electrons. The van der Waals surface area contributed by atoms with E-state index in [-0.39, 0.29) is 17.4 Å². The fourth-order valence-corrected chi connectivity index (χ4v) is 2.15. The molecule has 6 nitrogen and oxygen atoms in total. The predicted octanol–water partition coefficient (Wildman–Crippen LogP) is 0.370. The van der Waals surface area contributed by atoms with Crippen molar-refractivity contribution in [3.8, 4) is 5.75 Å². The van der Waals surface area contributed by atoms with Crippen LogP contribution in [0.15, 0.2) is 23.1 Å². The van der Waals surface area contributed by atoms with E-state index in [1.54, 1.807) is 27.1 Å². The minimum Gasteiger partial charge on any atom is -0.483 e. The summed E-state index contributed by atoms with van der Waals surface area (Å²) in [5, 5.41) is 0. The normalized spacial score (nSPS) is 11.2. The van der Waals surface area contributed by atoms with Gasteiger partial charge in [-0.25, -0.2) is 13.1 Å². The summed E-state index contributed by atoms with van der Waals surface area (Å²) >= 11 is 0. The minimum absolute atomic E-state index is 0.0774. The lowest BCUT2D eigenvalue weighted by atomic mass is 10.2. The van der Waals surface area contributed by atoms with E-state index in [2.05, 4.69) is 4.72 Å². The van der Waals surface area contributed by atoms with Crippen molar-refractivity contribution < 1.29 is 17.9 Å². The number of amides is 1. The summed E-state index contributed by atoms with van der Waals surface area (Å²) in [7, 11) is 1.17. The van der Waals surface area contributed by atoms with Crippen molar-refractivity contribution in [2.45, 2.75) is 11.8 Å². The van der Waals surface area contributed by atoms with Crippen LogP contribution in [-0.4, -0.2) is 47.0 Å². The van der Waals surface area contributed by atoms with Gasteiger partial charge in [0.05, 0.1) is 4.90 Å². The molecule has 0 unspecified atom stereocenters. The molecule has 0 aliphatic carbocycles. The monoisotopic (exact) mass is 286 g/mol. The van der Waals surface area contributed by atoms with Gasteiger partial charge in [0.25, 0.3) is 5.91 Å². The van der Waals surface area contributed by atoms with Gasteiger partial charge in [0.1, 0.15) is 5.75 Å². The van der Waals surface area contributed by atoms with Crippen LogP contribution in [0.25, 0.3) is 0 Å². The highest BCUT2D eigenvalue weighted by atomic mass is 32.2. The van der Waals surface area contributed by atoms with Crippen molar-refractivity contribution in [3.63, 3.8) is 0 Å². The molecule has 1 rings (SSSR count). The molecule has 0 fully saturated rings. The number of ether oxygens (including phenoxy) is 1. The van der Waals surface area contributed by atoms with Crippen LogP contribution >= 0.6 is 0 Å². The first kappa shape index (κ1) is 15.5. The number of nitrogens with one attached hydrogen (secondary N) is 1. The topological polar surface area (TPSA) is 75.7 Å². The van der Waals surface area contributed by atoms with E-state index >= 15 is 0 Å². The molecule has 0 aromatic heterocycles. The molecular weight excluding hydrogens is 268 g/mol. The van der Waals surface area contributed by atoms with E-state index in [1.165, 1.54) is 24.1 Å². The maximum atomic E-state index is 11.6. The van der Waals surface area contributed by atoms with Gasteiger partial charge < -0.3 is 9.64 Å². The highest BCUT2D eigenvalue weighted by Crippen LogP contribution is 2.21. The Bertz CT molecular complexity index is 567. The summed E-state index contributed by atoms with van der Waals surface area (Å²) in [6.45, 7) is 1.65. The molecule has 0 heterocycles. The van der Waals surface area contributed by atoms with Crippen molar-refractivity contribution in [2.24, 2.45) is 0 Å². The lowest BCUT2D eigenvalue weighted by Gasteiger charge is -2.13. The van der Waals surface area contributed by atoms with Gasteiger partial charge in [-0.1, -0.05) is 0 Å². The third-order valence-electron chi connectivity index (χ3n) is 2.58. The molecule has 1 amide bonds. The van der Waals surface area contributed by atoms with Crippen molar-refractivity contribution in [1.82, 2.24) is 9.62 Å².